The van der Waals surface area contributed by atoms with Gasteiger partial charge in [-0.15, -0.1) is 0 Å². The van der Waals surface area contributed by atoms with Crippen molar-refractivity contribution in [3.8, 4) is 6.01 Å². The molecule has 0 bridgehead atoms. The van der Waals surface area contributed by atoms with Gasteiger partial charge in [-0.3, -0.25) is 4.79 Å². The number of ether oxygens (including phenoxy) is 5. The van der Waals surface area contributed by atoms with Crippen molar-refractivity contribution in [2.24, 2.45) is 0 Å². The quantitative estimate of drug-likeness (QED) is 0.213. The van der Waals surface area contributed by atoms with Gasteiger partial charge in [0, 0.05) is 0 Å². The topological polar surface area (TPSA) is 81.0 Å². The van der Waals surface area contributed by atoms with Gasteiger partial charge in [0.05, 0.1) is 43.9 Å². The van der Waals surface area contributed by atoms with Gasteiger partial charge in [0.2, 0.25) is 5.72 Å². The van der Waals surface area contributed by atoms with Crippen LogP contribution in [0.5, 0.6) is 6.01 Å². The van der Waals surface area contributed by atoms with Gasteiger partial charge in [0.25, 0.3) is 5.56 Å². The highest BCUT2D eigenvalue weighted by molar-refractivity contribution is 5.77. The Bertz CT molecular complexity index is 1730. The second-order valence-electron chi connectivity index (χ2n) is 10.8. The number of hydrogen-bond acceptors (Lipinski definition) is 7. The molecule has 1 aromatic heterocycles. The molecule has 4 aromatic carbocycles. The Balaban J connectivity index is 1.23. The van der Waals surface area contributed by atoms with Crippen molar-refractivity contribution < 1.29 is 23.7 Å². The molecule has 0 aliphatic carbocycles. The predicted octanol–water partition coefficient (Wildman–Crippen LogP) is 5.23. The van der Waals surface area contributed by atoms with Crippen molar-refractivity contribution in [3.63, 3.8) is 0 Å². The fourth-order valence-corrected chi connectivity index (χ4v) is 5.85. The molecule has 5 aromatic rings. The number of rotatable bonds is 11. The lowest BCUT2D eigenvalue weighted by atomic mass is 10.0. The van der Waals surface area contributed by atoms with E-state index in [-0.39, 0.29) is 24.8 Å². The number of benzene rings is 4. The third kappa shape index (κ3) is 5.46. The lowest BCUT2D eigenvalue weighted by Gasteiger charge is -2.28. The molecule has 2 aliphatic rings. The summed E-state index contributed by atoms with van der Waals surface area (Å²) in [4.78, 5) is 18.7. The lowest BCUT2D eigenvalue weighted by molar-refractivity contribution is -0.166. The average molecular weight is 577 g/mol. The molecule has 0 saturated carbocycles. The van der Waals surface area contributed by atoms with E-state index in [1.807, 2.05) is 103 Å². The normalized spacial score (nSPS) is 22.3. The fourth-order valence-electron chi connectivity index (χ4n) is 5.85. The zero-order valence-corrected chi connectivity index (χ0v) is 23.6. The van der Waals surface area contributed by atoms with E-state index in [9.17, 15) is 4.79 Å². The molecular weight excluding hydrogens is 544 g/mol. The van der Waals surface area contributed by atoms with Crippen LogP contribution in [0.1, 0.15) is 16.7 Å². The van der Waals surface area contributed by atoms with Crippen LogP contribution in [0.25, 0.3) is 10.9 Å². The van der Waals surface area contributed by atoms with Gasteiger partial charge in [-0.05, 0) is 28.8 Å². The van der Waals surface area contributed by atoms with Crippen molar-refractivity contribution in [3.05, 3.63) is 142 Å². The second kappa shape index (κ2) is 12.1. The largest absolute Gasteiger partial charge is 0.453 e. The molecule has 0 spiro atoms. The molecule has 1 saturated heterocycles. The molecule has 0 unspecified atom stereocenters. The van der Waals surface area contributed by atoms with Gasteiger partial charge in [0.1, 0.15) is 12.2 Å². The van der Waals surface area contributed by atoms with Crippen LogP contribution in [0.2, 0.25) is 0 Å². The van der Waals surface area contributed by atoms with Crippen molar-refractivity contribution in [2.45, 2.75) is 43.9 Å². The van der Waals surface area contributed by atoms with Gasteiger partial charge in [-0.1, -0.05) is 103 Å². The number of hydrogen-bond donors (Lipinski definition) is 0. The Hall–Kier alpha value is -4.34. The summed E-state index contributed by atoms with van der Waals surface area (Å²) in [6.45, 7) is 1.39. The van der Waals surface area contributed by atoms with Crippen LogP contribution in [-0.2, 0) is 44.5 Å². The van der Waals surface area contributed by atoms with Crippen molar-refractivity contribution in [2.75, 3.05) is 13.2 Å². The summed E-state index contributed by atoms with van der Waals surface area (Å²) in [6, 6.07) is 37.2. The molecule has 8 heteroatoms. The van der Waals surface area contributed by atoms with E-state index in [1.165, 1.54) is 4.57 Å². The van der Waals surface area contributed by atoms with E-state index >= 15 is 0 Å². The van der Waals surface area contributed by atoms with E-state index in [1.54, 1.807) is 12.1 Å². The molecule has 218 valence electrons. The van der Waals surface area contributed by atoms with Gasteiger partial charge in [0.15, 0.2) is 6.10 Å². The molecule has 1 fully saturated rings. The summed E-state index contributed by atoms with van der Waals surface area (Å²) in [5, 5.41) is 0.479. The zero-order chi connectivity index (χ0) is 29.1. The number of nitrogens with zero attached hydrogens (tertiary/aromatic N) is 2. The van der Waals surface area contributed by atoms with Crippen LogP contribution in [0, 0.1) is 0 Å². The maximum Gasteiger partial charge on any atom is 0.302 e. The SMILES string of the molecule is O=c1c2ccccc2nc2n1[C@]1(COCc3ccccc3)O[C@@H](COCc3ccccc3)[C@@H](OCc3ccccc3)[C@@H]1O2. The molecule has 8 nitrogen and oxygen atoms in total. The van der Waals surface area contributed by atoms with Crippen molar-refractivity contribution >= 4 is 10.9 Å². The third-order valence-electron chi connectivity index (χ3n) is 7.92. The highest BCUT2D eigenvalue weighted by atomic mass is 16.7. The van der Waals surface area contributed by atoms with E-state index in [0.717, 1.165) is 16.7 Å². The molecule has 3 heterocycles. The number of para-hydroxylation sites is 1. The van der Waals surface area contributed by atoms with E-state index < -0.39 is 24.0 Å². The summed E-state index contributed by atoms with van der Waals surface area (Å²) >= 11 is 0. The molecule has 2 aliphatic heterocycles. The van der Waals surface area contributed by atoms with Crippen LogP contribution in [0.4, 0.5) is 0 Å². The lowest BCUT2D eigenvalue weighted by Crippen LogP contribution is -2.50. The van der Waals surface area contributed by atoms with E-state index in [2.05, 4.69) is 0 Å². The molecular formula is C35H32N2O6. The van der Waals surface area contributed by atoms with Gasteiger partial charge >= 0.3 is 6.01 Å². The molecule has 0 N–H and O–H groups in total. The van der Waals surface area contributed by atoms with Crippen LogP contribution in [-0.4, -0.2) is 41.1 Å². The molecule has 0 amide bonds. The van der Waals surface area contributed by atoms with Crippen molar-refractivity contribution in [1.29, 1.82) is 0 Å². The third-order valence-corrected chi connectivity index (χ3v) is 7.92. The van der Waals surface area contributed by atoms with E-state index in [0.29, 0.717) is 30.7 Å². The summed E-state index contributed by atoms with van der Waals surface area (Å²) < 4.78 is 33.8. The van der Waals surface area contributed by atoms with Gasteiger partial charge in [-0.25, -0.2) is 4.57 Å². The highest BCUT2D eigenvalue weighted by Gasteiger charge is 2.64. The average Bonchev–Trinajstić information content (AvgIpc) is 3.51. The standard InChI is InChI=1S/C35H32N2O6/c38-33-28-18-10-11-19-29(28)36-34-37(33)35(24-40-21-26-14-6-2-7-15-26)32(42-34)31(41-22-27-16-8-3-9-17-27)30(43-35)23-39-20-25-12-4-1-5-13-25/h1-19,30-32H,20-24H2/t30-,31+,32-,35+/m0/s1. The van der Waals surface area contributed by atoms with Crippen LogP contribution >= 0.6 is 0 Å². The van der Waals surface area contributed by atoms with E-state index in [4.69, 9.17) is 28.7 Å². The molecule has 43 heavy (non-hydrogen) atoms. The minimum atomic E-state index is -1.31. The molecule has 7 rings (SSSR count). The Morgan fingerprint density at radius 2 is 1.30 bits per heavy atom. The first kappa shape index (κ1) is 27.5. The smallest absolute Gasteiger partial charge is 0.302 e. The van der Waals surface area contributed by atoms with Crippen molar-refractivity contribution in [1.82, 2.24) is 9.55 Å². The number of fused-ring (bicyclic) bond motifs is 4. The predicted molar refractivity (Wildman–Crippen MR) is 160 cm³/mol. The molecule has 0 radical (unpaired) electrons. The first-order chi connectivity index (χ1) is 21.2. The Morgan fingerprint density at radius 1 is 0.721 bits per heavy atom. The summed E-state index contributed by atoms with van der Waals surface area (Å²) in [7, 11) is 0. The maximum atomic E-state index is 14.0. The maximum absolute atomic E-state index is 14.0. The van der Waals surface area contributed by atoms with Crippen LogP contribution < -0.4 is 10.3 Å². The highest BCUT2D eigenvalue weighted by Crippen LogP contribution is 2.46. The van der Waals surface area contributed by atoms with Gasteiger partial charge < -0.3 is 23.7 Å². The Labute approximate surface area is 249 Å². The minimum absolute atomic E-state index is 0.0554. The summed E-state index contributed by atoms with van der Waals surface area (Å²) in [5.74, 6) is 0. The van der Waals surface area contributed by atoms with Crippen LogP contribution in [0.15, 0.2) is 120 Å². The second-order valence-corrected chi connectivity index (χ2v) is 10.8. The molecule has 4 atom stereocenters. The Kier molecular flexibility index (Phi) is 7.74. The first-order valence-corrected chi connectivity index (χ1v) is 14.5. The zero-order valence-electron chi connectivity index (χ0n) is 23.6. The van der Waals surface area contributed by atoms with Gasteiger partial charge in [-0.2, -0.15) is 4.98 Å². The van der Waals surface area contributed by atoms with Crippen LogP contribution in [0.3, 0.4) is 0 Å². The fraction of sp³-hybridized carbons (Fsp3) is 0.257. The summed E-state index contributed by atoms with van der Waals surface area (Å²) in [5.41, 5.74) is 2.08. The Morgan fingerprint density at radius 3 is 1.98 bits per heavy atom. The minimum Gasteiger partial charge on any atom is -0.453 e. The first-order valence-electron chi connectivity index (χ1n) is 14.5. The summed E-state index contributed by atoms with van der Waals surface area (Å²) in [6.07, 6.45) is -1.81. The monoisotopic (exact) mass is 576 g/mol. The number of aromatic nitrogens is 2.